The summed E-state index contributed by atoms with van der Waals surface area (Å²) in [5.41, 5.74) is 3.67. The van der Waals surface area contributed by atoms with E-state index in [1.807, 2.05) is 30.0 Å². The Morgan fingerprint density at radius 1 is 1.14 bits per heavy atom. The van der Waals surface area contributed by atoms with Crippen molar-refractivity contribution in [3.05, 3.63) is 75.8 Å². The minimum Gasteiger partial charge on any atom is -0.507 e. The number of aromatic hydroxyl groups is 1. The number of hydrogen-bond donors (Lipinski definition) is 3. The Morgan fingerprint density at radius 2 is 1.92 bits per heavy atom. The average molecular weight is 518 g/mol. The van der Waals surface area contributed by atoms with Crippen LogP contribution in [0.5, 0.6) is 5.75 Å². The van der Waals surface area contributed by atoms with Crippen molar-refractivity contribution >= 4 is 51.4 Å². The van der Waals surface area contributed by atoms with E-state index in [2.05, 4.69) is 15.6 Å². The molecule has 1 fully saturated rings. The van der Waals surface area contributed by atoms with Crippen molar-refractivity contribution < 1.29 is 19.2 Å². The summed E-state index contributed by atoms with van der Waals surface area (Å²) in [7, 11) is 0. The molecule has 0 saturated carbocycles. The van der Waals surface area contributed by atoms with Crippen LogP contribution in [0.2, 0.25) is 0 Å². The van der Waals surface area contributed by atoms with Gasteiger partial charge < -0.3 is 19.7 Å². The summed E-state index contributed by atoms with van der Waals surface area (Å²) in [5, 5.41) is 27.5. The zero-order chi connectivity index (χ0) is 26.1. The average Bonchev–Trinajstić information content (AvgIpc) is 3.53. The van der Waals surface area contributed by atoms with Crippen molar-refractivity contribution in [3.8, 4) is 17.2 Å². The van der Waals surface area contributed by atoms with Gasteiger partial charge in [0.15, 0.2) is 10.7 Å². The SMILES string of the molecule is Cc1ccc2oc(-c3ccc(NC(=S)NC(=O)c4ccc(N5CCCC5)c([N+](=O)[O-])c4)cc3O)nc2c1. The summed E-state index contributed by atoms with van der Waals surface area (Å²) >= 11 is 5.24. The molecule has 11 heteroatoms. The molecule has 0 unspecified atom stereocenters. The normalized spacial score (nSPS) is 13.1. The number of aromatic nitrogens is 1. The van der Waals surface area contributed by atoms with Gasteiger partial charge in [0.25, 0.3) is 11.6 Å². The van der Waals surface area contributed by atoms with Gasteiger partial charge in [0.05, 0.1) is 10.5 Å². The minimum atomic E-state index is -0.587. The Balaban J connectivity index is 1.28. The Bertz CT molecular complexity index is 1540. The number of phenolic OH excluding ortho intramolecular Hbond substituents is 1. The first kappa shape index (κ1) is 24.2. The maximum absolute atomic E-state index is 12.7. The number of phenols is 1. The standard InChI is InChI=1S/C26H23N5O5S/c1-15-4-9-23-19(12-15)28-25(36-23)18-7-6-17(14-22(18)32)27-26(37)29-24(33)16-5-8-20(21(13-16)31(34)35)30-10-2-3-11-30/h4-9,12-14,32H,2-3,10-11H2,1H3,(H2,27,29,33,37). The molecule has 3 aromatic carbocycles. The molecule has 0 aliphatic carbocycles. The largest absolute Gasteiger partial charge is 0.507 e. The lowest BCUT2D eigenvalue weighted by Gasteiger charge is -2.18. The van der Waals surface area contributed by atoms with E-state index in [4.69, 9.17) is 16.6 Å². The number of amides is 1. The lowest BCUT2D eigenvalue weighted by atomic mass is 10.1. The molecule has 0 bridgehead atoms. The first-order valence-electron chi connectivity index (χ1n) is 11.6. The molecular weight excluding hydrogens is 494 g/mol. The fourth-order valence-electron chi connectivity index (χ4n) is 4.32. The number of carbonyl (C=O) groups is 1. The molecule has 1 aliphatic heterocycles. The van der Waals surface area contributed by atoms with Gasteiger partial charge >= 0.3 is 0 Å². The third kappa shape index (κ3) is 5.07. The second kappa shape index (κ2) is 9.86. The number of hydrogen-bond acceptors (Lipinski definition) is 8. The third-order valence-electron chi connectivity index (χ3n) is 6.14. The number of nitrogens with zero attached hydrogens (tertiary/aromatic N) is 3. The predicted octanol–water partition coefficient (Wildman–Crippen LogP) is 5.14. The molecule has 0 radical (unpaired) electrons. The number of oxazole rings is 1. The molecular formula is C26H23N5O5S. The predicted molar refractivity (Wildman–Crippen MR) is 144 cm³/mol. The molecule has 188 valence electrons. The van der Waals surface area contributed by atoms with Crippen molar-refractivity contribution in [3.63, 3.8) is 0 Å². The fraction of sp³-hybridized carbons (Fsp3) is 0.192. The van der Waals surface area contributed by atoms with Crippen molar-refractivity contribution in [2.24, 2.45) is 0 Å². The van der Waals surface area contributed by atoms with Gasteiger partial charge in [0.2, 0.25) is 5.89 Å². The van der Waals surface area contributed by atoms with Gasteiger partial charge in [0.1, 0.15) is 17.0 Å². The molecule has 1 aromatic heterocycles. The number of rotatable bonds is 5. The highest BCUT2D eigenvalue weighted by Crippen LogP contribution is 2.34. The van der Waals surface area contributed by atoms with Gasteiger partial charge in [0, 0.05) is 36.5 Å². The van der Waals surface area contributed by atoms with Crippen LogP contribution in [0, 0.1) is 17.0 Å². The van der Waals surface area contributed by atoms with E-state index in [1.54, 1.807) is 24.3 Å². The van der Waals surface area contributed by atoms with Crippen LogP contribution in [0.25, 0.3) is 22.6 Å². The Morgan fingerprint density at radius 3 is 2.65 bits per heavy atom. The Kier molecular flexibility index (Phi) is 6.45. The van der Waals surface area contributed by atoms with Crippen LogP contribution in [-0.2, 0) is 0 Å². The monoisotopic (exact) mass is 517 g/mol. The zero-order valence-electron chi connectivity index (χ0n) is 19.9. The number of fused-ring (bicyclic) bond motifs is 1. The smallest absolute Gasteiger partial charge is 0.293 e. The second-order valence-electron chi connectivity index (χ2n) is 8.79. The summed E-state index contributed by atoms with van der Waals surface area (Å²) < 4.78 is 5.75. The fourth-order valence-corrected chi connectivity index (χ4v) is 4.53. The van der Waals surface area contributed by atoms with Crippen molar-refractivity contribution in [1.82, 2.24) is 10.3 Å². The van der Waals surface area contributed by atoms with E-state index in [1.165, 1.54) is 12.1 Å². The maximum atomic E-state index is 12.7. The lowest BCUT2D eigenvalue weighted by molar-refractivity contribution is -0.384. The summed E-state index contributed by atoms with van der Waals surface area (Å²) in [5.74, 6) is -0.397. The number of nitrogens with one attached hydrogen (secondary N) is 2. The highest BCUT2D eigenvalue weighted by atomic mass is 32.1. The molecule has 0 spiro atoms. The molecule has 37 heavy (non-hydrogen) atoms. The summed E-state index contributed by atoms with van der Waals surface area (Å²) in [4.78, 5) is 30.2. The topological polar surface area (TPSA) is 134 Å². The van der Waals surface area contributed by atoms with Crippen LogP contribution in [0.15, 0.2) is 59.0 Å². The number of nitro benzene ring substituents is 1. The van der Waals surface area contributed by atoms with Gasteiger partial charge in [-0.05, 0) is 73.9 Å². The third-order valence-corrected chi connectivity index (χ3v) is 6.34. The summed E-state index contributed by atoms with van der Waals surface area (Å²) in [6, 6.07) is 14.7. The Hall–Kier alpha value is -4.51. The van der Waals surface area contributed by atoms with E-state index >= 15 is 0 Å². The van der Waals surface area contributed by atoms with Crippen LogP contribution in [0.3, 0.4) is 0 Å². The number of carbonyl (C=O) groups excluding carboxylic acids is 1. The van der Waals surface area contributed by atoms with E-state index in [9.17, 15) is 20.0 Å². The van der Waals surface area contributed by atoms with Gasteiger partial charge in [-0.2, -0.15) is 0 Å². The zero-order valence-corrected chi connectivity index (χ0v) is 20.7. The van der Waals surface area contributed by atoms with Crippen molar-refractivity contribution in [2.75, 3.05) is 23.3 Å². The van der Waals surface area contributed by atoms with Crippen molar-refractivity contribution in [2.45, 2.75) is 19.8 Å². The lowest BCUT2D eigenvalue weighted by Crippen LogP contribution is -2.34. The van der Waals surface area contributed by atoms with Crippen LogP contribution < -0.4 is 15.5 Å². The van der Waals surface area contributed by atoms with Crippen LogP contribution >= 0.6 is 12.2 Å². The van der Waals surface area contributed by atoms with Gasteiger partial charge in [-0.15, -0.1) is 0 Å². The number of thiocarbonyl (C=S) groups is 1. The van der Waals surface area contributed by atoms with E-state index in [0.29, 0.717) is 28.0 Å². The number of aryl methyl sites for hydroxylation is 1. The van der Waals surface area contributed by atoms with Crippen LogP contribution in [0.1, 0.15) is 28.8 Å². The number of anilines is 2. The summed E-state index contributed by atoms with van der Waals surface area (Å²) in [6.45, 7) is 3.45. The first-order chi connectivity index (χ1) is 17.8. The minimum absolute atomic E-state index is 0.0271. The van der Waals surface area contributed by atoms with Gasteiger partial charge in [-0.3, -0.25) is 20.2 Å². The first-order valence-corrected chi connectivity index (χ1v) is 12.1. The highest BCUT2D eigenvalue weighted by molar-refractivity contribution is 7.80. The quantitative estimate of drug-likeness (QED) is 0.187. The maximum Gasteiger partial charge on any atom is 0.293 e. The number of nitro groups is 1. The van der Waals surface area contributed by atoms with E-state index < -0.39 is 10.8 Å². The van der Waals surface area contributed by atoms with E-state index in [-0.39, 0.29) is 28.0 Å². The molecule has 3 N–H and O–H groups in total. The molecule has 5 rings (SSSR count). The van der Waals surface area contributed by atoms with Crippen LogP contribution in [-0.4, -0.2) is 39.1 Å². The number of benzene rings is 3. The molecule has 1 amide bonds. The molecule has 10 nitrogen and oxygen atoms in total. The molecule has 1 saturated heterocycles. The molecule has 2 heterocycles. The molecule has 4 aromatic rings. The van der Waals surface area contributed by atoms with Crippen molar-refractivity contribution in [1.29, 1.82) is 0 Å². The highest BCUT2D eigenvalue weighted by Gasteiger charge is 2.24. The second-order valence-corrected chi connectivity index (χ2v) is 9.19. The van der Waals surface area contributed by atoms with Gasteiger partial charge in [-0.25, -0.2) is 4.98 Å². The molecule has 1 aliphatic rings. The van der Waals surface area contributed by atoms with E-state index in [0.717, 1.165) is 31.5 Å². The van der Waals surface area contributed by atoms with Crippen LogP contribution in [0.4, 0.5) is 17.1 Å². The van der Waals surface area contributed by atoms with Gasteiger partial charge in [-0.1, -0.05) is 6.07 Å². The Labute approximate surface area is 217 Å². The summed E-state index contributed by atoms with van der Waals surface area (Å²) in [6.07, 6.45) is 1.95. The molecule has 0 atom stereocenters.